The molecular weight excluding hydrogens is 967 g/mol. The summed E-state index contributed by atoms with van der Waals surface area (Å²) in [7, 11) is 0. The zero-order valence-corrected chi connectivity index (χ0v) is 28.2. The van der Waals surface area contributed by atoms with E-state index in [4.69, 9.17) is 0 Å². The van der Waals surface area contributed by atoms with Crippen LogP contribution in [0.5, 0.6) is 0 Å². The Kier molecular flexibility index (Phi) is 14.8. The van der Waals surface area contributed by atoms with Crippen molar-refractivity contribution in [3.05, 3.63) is 0 Å². The van der Waals surface area contributed by atoms with Crippen LogP contribution in [0.15, 0.2) is 0 Å². The van der Waals surface area contributed by atoms with E-state index in [-0.39, 0.29) is 0 Å². The Bertz CT molecular complexity index is 287. The van der Waals surface area contributed by atoms with Gasteiger partial charge in [-0.15, -0.1) is 0 Å². The van der Waals surface area contributed by atoms with Gasteiger partial charge in [0.2, 0.25) is 0 Å². The molecule has 2 saturated carbocycles. The molecule has 0 bridgehead atoms. The van der Waals surface area contributed by atoms with Gasteiger partial charge in [0, 0.05) is 48.3 Å². The van der Waals surface area contributed by atoms with E-state index >= 15 is 0 Å². The number of hydrogen-bond acceptors (Lipinski definition) is 0. The Balaban J connectivity index is 0.000000240. The van der Waals surface area contributed by atoms with Crippen LogP contribution >= 0.6 is 159 Å². The highest BCUT2D eigenvalue weighted by atomic mass is 79.9. The summed E-state index contributed by atoms with van der Waals surface area (Å²) in [6, 6.07) is 0. The minimum atomic E-state index is 0.431. The van der Waals surface area contributed by atoms with E-state index in [1.165, 1.54) is 25.7 Å². The van der Waals surface area contributed by atoms with E-state index in [0.717, 1.165) is 0 Å². The van der Waals surface area contributed by atoms with E-state index in [2.05, 4.69) is 159 Å². The molecule has 0 aliphatic heterocycles. The fourth-order valence-electron chi connectivity index (χ4n) is 2.45. The SMILES string of the molecule is BrC1C(Br)C(Br)C(Br)C(Br)C1Br.BrC1CCCCC(Br)C(Br)C1Br. The normalized spacial score (nSPS) is 50.2. The number of rotatable bonds is 0. The summed E-state index contributed by atoms with van der Waals surface area (Å²) in [4.78, 5) is 4.84. The highest BCUT2D eigenvalue weighted by Gasteiger charge is 2.45. The molecule has 10 heteroatoms. The van der Waals surface area contributed by atoms with Crippen LogP contribution in [0, 0.1) is 0 Å². The zero-order chi connectivity index (χ0) is 18.6. The van der Waals surface area contributed by atoms with E-state index in [1.54, 1.807) is 0 Å². The lowest BCUT2D eigenvalue weighted by Crippen LogP contribution is -2.50. The molecule has 0 saturated heterocycles. The first-order valence-corrected chi connectivity index (χ1v) is 16.7. The fourth-order valence-corrected chi connectivity index (χ4v) is 12.2. The van der Waals surface area contributed by atoms with Gasteiger partial charge in [-0.05, 0) is 12.8 Å². The Morgan fingerprint density at radius 1 is 0.333 bits per heavy atom. The third-order valence-corrected chi connectivity index (χ3v) is 21.7. The molecule has 0 nitrogen and oxygen atoms in total. The van der Waals surface area contributed by atoms with Crippen molar-refractivity contribution in [3.63, 3.8) is 0 Å². The Morgan fingerprint density at radius 3 is 0.750 bits per heavy atom. The monoisotopic (exact) mass is 975 g/mol. The van der Waals surface area contributed by atoms with E-state index in [1.807, 2.05) is 0 Å². The van der Waals surface area contributed by atoms with Crippen molar-refractivity contribution in [2.45, 2.75) is 74.0 Å². The number of alkyl halides is 10. The van der Waals surface area contributed by atoms with Crippen LogP contribution in [0.4, 0.5) is 0 Å². The third kappa shape index (κ3) is 7.81. The summed E-state index contributed by atoms with van der Waals surface area (Å²) in [5.74, 6) is 0. The molecular formula is C14H18Br10. The van der Waals surface area contributed by atoms with Gasteiger partial charge in [0.05, 0.1) is 0 Å². The minimum absolute atomic E-state index is 0.431. The van der Waals surface area contributed by atoms with Crippen molar-refractivity contribution in [3.8, 4) is 0 Å². The molecule has 2 rings (SSSR count). The van der Waals surface area contributed by atoms with E-state index < -0.39 is 0 Å². The molecule has 0 aromatic heterocycles. The molecule has 0 amide bonds. The van der Waals surface area contributed by atoms with Crippen molar-refractivity contribution in [1.29, 1.82) is 0 Å². The predicted octanol–water partition coefficient (Wildman–Crippen LogP) is 9.20. The maximum absolute atomic E-state index is 3.72. The van der Waals surface area contributed by atoms with E-state index in [9.17, 15) is 0 Å². The molecule has 144 valence electrons. The smallest absolute Gasteiger partial charge is 0.0418 e. The van der Waals surface area contributed by atoms with Gasteiger partial charge in [-0.2, -0.15) is 0 Å². The van der Waals surface area contributed by atoms with Crippen molar-refractivity contribution < 1.29 is 0 Å². The van der Waals surface area contributed by atoms with Crippen molar-refractivity contribution in [2.24, 2.45) is 0 Å². The standard InChI is InChI=1S/C8H12Br4.C6H6Br6/c9-5-3-1-2-4-6(10)8(12)7(5)11;7-1-2(8)4(10)6(12)5(11)3(1)9/h5-8H,1-4H2;1-6H. The lowest BCUT2D eigenvalue weighted by Gasteiger charge is -2.39. The first-order chi connectivity index (χ1) is 11.1. The highest BCUT2D eigenvalue weighted by molar-refractivity contribution is 9.16. The van der Waals surface area contributed by atoms with Gasteiger partial charge in [-0.25, -0.2) is 0 Å². The average Bonchev–Trinajstić information content (AvgIpc) is 2.58. The van der Waals surface area contributed by atoms with Gasteiger partial charge in [0.15, 0.2) is 0 Å². The predicted molar refractivity (Wildman–Crippen MR) is 146 cm³/mol. The van der Waals surface area contributed by atoms with Crippen LogP contribution in [0.2, 0.25) is 0 Å². The molecule has 0 radical (unpaired) electrons. The first kappa shape index (κ1) is 26.8. The number of halogens is 10. The van der Waals surface area contributed by atoms with Gasteiger partial charge in [0.1, 0.15) is 0 Å². The third-order valence-electron chi connectivity index (χ3n) is 4.03. The molecule has 0 aromatic rings. The molecule has 4 atom stereocenters. The second-order valence-electron chi connectivity index (χ2n) is 5.87. The molecule has 0 heterocycles. The van der Waals surface area contributed by atoms with Gasteiger partial charge in [-0.3, -0.25) is 0 Å². The Hall–Kier alpha value is 4.80. The summed E-state index contributed by atoms with van der Waals surface area (Å²) in [5.41, 5.74) is 0. The van der Waals surface area contributed by atoms with Crippen LogP contribution in [0.1, 0.15) is 25.7 Å². The quantitative estimate of drug-likeness (QED) is 0.213. The molecule has 24 heavy (non-hydrogen) atoms. The summed E-state index contributed by atoms with van der Waals surface area (Å²) in [6.07, 6.45) is 5.22. The second-order valence-corrected chi connectivity index (χ2v) is 16.7. The maximum atomic E-state index is 3.72. The van der Waals surface area contributed by atoms with Gasteiger partial charge in [-0.1, -0.05) is 172 Å². The fraction of sp³-hybridized carbons (Fsp3) is 1.00. The molecule has 2 aliphatic rings. The van der Waals surface area contributed by atoms with Crippen molar-refractivity contribution in [2.75, 3.05) is 0 Å². The summed E-state index contributed by atoms with van der Waals surface area (Å²) in [6.45, 7) is 0. The Morgan fingerprint density at radius 2 is 0.542 bits per heavy atom. The molecule has 4 unspecified atom stereocenters. The summed E-state index contributed by atoms with van der Waals surface area (Å²) in [5, 5.41) is 0. The van der Waals surface area contributed by atoms with Crippen LogP contribution < -0.4 is 0 Å². The molecule has 2 aliphatic carbocycles. The van der Waals surface area contributed by atoms with Crippen LogP contribution in [0.25, 0.3) is 0 Å². The zero-order valence-electron chi connectivity index (χ0n) is 12.4. The van der Waals surface area contributed by atoms with Crippen LogP contribution in [-0.2, 0) is 0 Å². The Labute approximate surface area is 229 Å². The van der Waals surface area contributed by atoms with Crippen molar-refractivity contribution in [1.82, 2.24) is 0 Å². The number of hydrogen-bond donors (Lipinski definition) is 0. The summed E-state index contributed by atoms with van der Waals surface area (Å²) >= 11 is 36.8. The summed E-state index contributed by atoms with van der Waals surface area (Å²) < 4.78 is 0. The second kappa shape index (κ2) is 13.3. The minimum Gasteiger partial charge on any atom is -0.0878 e. The van der Waals surface area contributed by atoms with Gasteiger partial charge < -0.3 is 0 Å². The first-order valence-electron chi connectivity index (χ1n) is 7.50. The lowest BCUT2D eigenvalue weighted by atomic mass is 10.00. The van der Waals surface area contributed by atoms with Gasteiger partial charge in [0.25, 0.3) is 0 Å². The van der Waals surface area contributed by atoms with Crippen LogP contribution in [-0.4, -0.2) is 48.3 Å². The average molecular weight is 985 g/mol. The molecule has 0 aromatic carbocycles. The maximum Gasteiger partial charge on any atom is 0.0418 e. The molecule has 0 N–H and O–H groups in total. The van der Waals surface area contributed by atoms with Crippen molar-refractivity contribution >= 4 is 159 Å². The van der Waals surface area contributed by atoms with Gasteiger partial charge >= 0.3 is 0 Å². The lowest BCUT2D eigenvalue weighted by molar-refractivity contribution is 0.554. The topological polar surface area (TPSA) is 0 Å². The van der Waals surface area contributed by atoms with E-state index in [0.29, 0.717) is 48.3 Å². The largest absolute Gasteiger partial charge is 0.0878 e. The molecule has 2 fully saturated rings. The highest BCUT2D eigenvalue weighted by Crippen LogP contribution is 2.44. The molecule has 0 spiro atoms. The van der Waals surface area contributed by atoms with Crippen LogP contribution in [0.3, 0.4) is 0 Å².